The maximum atomic E-state index is 6.03. The van der Waals surface area contributed by atoms with Gasteiger partial charge in [-0.15, -0.1) is 0 Å². The molecule has 1 fully saturated rings. The van der Waals surface area contributed by atoms with Crippen LogP contribution in [0.1, 0.15) is 46.0 Å². The zero-order valence-corrected chi connectivity index (χ0v) is 11.0. The standard InChI is InChI=1S/C13H26N2O/c1-13(2,8-9-16-3)10-15-12(14)11-6-4-5-7-11/h11H,4-10H2,1-3H3,(H2,14,15). The van der Waals surface area contributed by atoms with Crippen LogP contribution >= 0.6 is 0 Å². The summed E-state index contributed by atoms with van der Waals surface area (Å²) >= 11 is 0. The maximum absolute atomic E-state index is 6.03. The summed E-state index contributed by atoms with van der Waals surface area (Å²) in [4.78, 5) is 4.57. The number of hydrogen-bond donors (Lipinski definition) is 1. The molecule has 94 valence electrons. The van der Waals surface area contributed by atoms with Crippen molar-refractivity contribution < 1.29 is 4.74 Å². The van der Waals surface area contributed by atoms with Crippen LogP contribution < -0.4 is 5.73 Å². The molecule has 0 amide bonds. The lowest BCUT2D eigenvalue weighted by molar-refractivity contribution is 0.155. The summed E-state index contributed by atoms with van der Waals surface area (Å²) in [6.07, 6.45) is 6.12. The summed E-state index contributed by atoms with van der Waals surface area (Å²) in [6, 6.07) is 0. The van der Waals surface area contributed by atoms with Crippen LogP contribution in [0.2, 0.25) is 0 Å². The Balaban J connectivity index is 2.37. The molecule has 1 rings (SSSR count). The van der Waals surface area contributed by atoms with E-state index in [9.17, 15) is 0 Å². The van der Waals surface area contributed by atoms with Gasteiger partial charge < -0.3 is 10.5 Å². The molecule has 0 bridgehead atoms. The van der Waals surface area contributed by atoms with Gasteiger partial charge in [0.15, 0.2) is 0 Å². The smallest absolute Gasteiger partial charge is 0.0968 e. The second kappa shape index (κ2) is 6.24. The summed E-state index contributed by atoms with van der Waals surface area (Å²) in [5.74, 6) is 1.43. The zero-order chi connectivity index (χ0) is 12.0. The van der Waals surface area contributed by atoms with Crippen LogP contribution in [0.3, 0.4) is 0 Å². The van der Waals surface area contributed by atoms with Gasteiger partial charge in [-0.05, 0) is 24.7 Å². The summed E-state index contributed by atoms with van der Waals surface area (Å²) in [5, 5.41) is 0. The van der Waals surface area contributed by atoms with Crippen LogP contribution in [0.5, 0.6) is 0 Å². The van der Waals surface area contributed by atoms with Gasteiger partial charge in [0.25, 0.3) is 0 Å². The number of aliphatic imine (C=N–C) groups is 1. The number of methoxy groups -OCH3 is 1. The Hall–Kier alpha value is -0.570. The van der Waals surface area contributed by atoms with E-state index in [1.807, 2.05) is 0 Å². The lowest BCUT2D eigenvalue weighted by atomic mass is 9.90. The molecule has 3 nitrogen and oxygen atoms in total. The molecule has 0 aromatic carbocycles. The van der Waals surface area contributed by atoms with Gasteiger partial charge in [-0.2, -0.15) is 0 Å². The second-order valence-corrected chi connectivity index (χ2v) is 5.63. The van der Waals surface area contributed by atoms with Gasteiger partial charge in [0.2, 0.25) is 0 Å². The third kappa shape index (κ3) is 4.52. The molecule has 0 atom stereocenters. The first-order chi connectivity index (χ1) is 7.55. The molecule has 0 radical (unpaired) electrons. The summed E-state index contributed by atoms with van der Waals surface area (Å²) in [5.41, 5.74) is 6.23. The molecule has 3 heteroatoms. The number of nitrogens with two attached hydrogens (primary N) is 1. The Bertz CT molecular complexity index is 230. The van der Waals surface area contributed by atoms with Crippen LogP contribution in [-0.4, -0.2) is 26.1 Å². The molecular weight excluding hydrogens is 200 g/mol. The monoisotopic (exact) mass is 226 g/mol. The van der Waals surface area contributed by atoms with Gasteiger partial charge in [-0.25, -0.2) is 0 Å². The highest BCUT2D eigenvalue weighted by molar-refractivity contribution is 5.83. The van der Waals surface area contributed by atoms with E-state index in [0.717, 1.165) is 25.4 Å². The van der Waals surface area contributed by atoms with Crippen molar-refractivity contribution in [3.8, 4) is 0 Å². The normalized spacial score (nSPS) is 19.3. The third-order valence-corrected chi connectivity index (χ3v) is 3.45. The van der Waals surface area contributed by atoms with Crippen molar-refractivity contribution in [3.63, 3.8) is 0 Å². The van der Waals surface area contributed by atoms with Crippen molar-refractivity contribution in [2.45, 2.75) is 46.0 Å². The highest BCUT2D eigenvalue weighted by atomic mass is 16.5. The van der Waals surface area contributed by atoms with E-state index in [4.69, 9.17) is 10.5 Å². The number of hydrogen-bond acceptors (Lipinski definition) is 2. The van der Waals surface area contributed by atoms with E-state index in [1.54, 1.807) is 7.11 Å². The minimum absolute atomic E-state index is 0.194. The lowest BCUT2D eigenvalue weighted by Gasteiger charge is -2.22. The lowest BCUT2D eigenvalue weighted by Crippen LogP contribution is -2.25. The number of ether oxygens (including phenoxy) is 1. The predicted molar refractivity (Wildman–Crippen MR) is 68.7 cm³/mol. The molecule has 0 spiro atoms. The van der Waals surface area contributed by atoms with Crippen molar-refractivity contribution in [2.75, 3.05) is 20.3 Å². The Labute approximate surface area is 99.5 Å². The largest absolute Gasteiger partial charge is 0.387 e. The average molecular weight is 226 g/mol. The van der Waals surface area contributed by atoms with Crippen LogP contribution in [0.25, 0.3) is 0 Å². The molecule has 0 aromatic rings. The highest BCUT2D eigenvalue weighted by Gasteiger charge is 2.21. The molecular formula is C13H26N2O. The first kappa shape index (κ1) is 13.5. The van der Waals surface area contributed by atoms with E-state index in [1.165, 1.54) is 25.7 Å². The number of nitrogens with zero attached hydrogens (tertiary/aromatic N) is 1. The van der Waals surface area contributed by atoms with Crippen LogP contribution in [-0.2, 0) is 4.74 Å². The molecule has 16 heavy (non-hydrogen) atoms. The minimum atomic E-state index is 0.194. The van der Waals surface area contributed by atoms with Crippen LogP contribution in [0.4, 0.5) is 0 Å². The zero-order valence-electron chi connectivity index (χ0n) is 11.0. The van der Waals surface area contributed by atoms with Crippen molar-refractivity contribution in [1.82, 2.24) is 0 Å². The molecule has 0 saturated heterocycles. The number of rotatable bonds is 6. The van der Waals surface area contributed by atoms with Crippen molar-refractivity contribution in [1.29, 1.82) is 0 Å². The van der Waals surface area contributed by atoms with Gasteiger partial charge in [0, 0.05) is 26.2 Å². The first-order valence-electron chi connectivity index (χ1n) is 6.34. The van der Waals surface area contributed by atoms with Crippen molar-refractivity contribution in [3.05, 3.63) is 0 Å². The molecule has 1 saturated carbocycles. The minimum Gasteiger partial charge on any atom is -0.387 e. The Morgan fingerprint density at radius 3 is 2.56 bits per heavy atom. The summed E-state index contributed by atoms with van der Waals surface area (Å²) in [6.45, 7) is 6.06. The van der Waals surface area contributed by atoms with E-state index >= 15 is 0 Å². The van der Waals surface area contributed by atoms with Gasteiger partial charge in [0.1, 0.15) is 0 Å². The van der Waals surface area contributed by atoms with E-state index in [-0.39, 0.29) is 5.41 Å². The number of amidine groups is 1. The van der Waals surface area contributed by atoms with Crippen LogP contribution in [0.15, 0.2) is 4.99 Å². The SMILES string of the molecule is COCCC(C)(C)CN=C(N)C1CCCC1. The molecule has 0 heterocycles. The summed E-state index contributed by atoms with van der Waals surface area (Å²) in [7, 11) is 1.74. The Morgan fingerprint density at radius 1 is 1.38 bits per heavy atom. The maximum Gasteiger partial charge on any atom is 0.0968 e. The second-order valence-electron chi connectivity index (χ2n) is 5.63. The van der Waals surface area contributed by atoms with E-state index in [0.29, 0.717) is 5.92 Å². The topological polar surface area (TPSA) is 47.6 Å². The quantitative estimate of drug-likeness (QED) is 0.559. The fourth-order valence-electron chi connectivity index (χ4n) is 2.11. The summed E-state index contributed by atoms with van der Waals surface area (Å²) < 4.78 is 5.10. The molecule has 0 aromatic heterocycles. The third-order valence-electron chi connectivity index (χ3n) is 3.45. The Kier molecular flexibility index (Phi) is 5.26. The van der Waals surface area contributed by atoms with Gasteiger partial charge in [0.05, 0.1) is 5.84 Å². The van der Waals surface area contributed by atoms with Crippen LogP contribution in [0, 0.1) is 11.3 Å². The van der Waals surface area contributed by atoms with Gasteiger partial charge in [-0.1, -0.05) is 26.7 Å². The van der Waals surface area contributed by atoms with Crippen molar-refractivity contribution >= 4 is 5.84 Å². The van der Waals surface area contributed by atoms with E-state index in [2.05, 4.69) is 18.8 Å². The molecule has 0 aliphatic heterocycles. The Morgan fingerprint density at radius 2 is 2.00 bits per heavy atom. The molecule has 1 aliphatic carbocycles. The van der Waals surface area contributed by atoms with Gasteiger partial charge in [-0.3, -0.25) is 4.99 Å². The predicted octanol–water partition coefficient (Wildman–Crippen LogP) is 2.60. The average Bonchev–Trinajstić information content (AvgIpc) is 2.77. The molecule has 0 unspecified atom stereocenters. The fourth-order valence-corrected chi connectivity index (χ4v) is 2.11. The first-order valence-corrected chi connectivity index (χ1v) is 6.34. The molecule has 1 aliphatic rings. The van der Waals surface area contributed by atoms with Crippen molar-refractivity contribution in [2.24, 2.45) is 22.1 Å². The molecule has 2 N–H and O–H groups in total. The highest BCUT2D eigenvalue weighted by Crippen LogP contribution is 2.26. The fraction of sp³-hybridized carbons (Fsp3) is 0.923. The van der Waals surface area contributed by atoms with E-state index < -0.39 is 0 Å². The van der Waals surface area contributed by atoms with Gasteiger partial charge >= 0.3 is 0 Å².